The van der Waals surface area contributed by atoms with E-state index in [4.69, 9.17) is 0 Å². The number of H-pyrrole nitrogens is 2. The molecule has 0 saturated carbocycles. The fourth-order valence-corrected chi connectivity index (χ4v) is 5.55. The molecule has 4 nitrogen and oxygen atoms in total. The summed E-state index contributed by atoms with van der Waals surface area (Å²) >= 11 is 0. The van der Waals surface area contributed by atoms with E-state index in [9.17, 15) is 12.8 Å². The van der Waals surface area contributed by atoms with Crippen molar-refractivity contribution in [2.24, 2.45) is 0 Å². The smallest absolute Gasteiger partial charge is 0.191 e. The number of aromatic amines is 2. The summed E-state index contributed by atoms with van der Waals surface area (Å²) in [6, 6.07) is 10.8. The summed E-state index contributed by atoms with van der Waals surface area (Å²) in [5.41, 5.74) is 6.64. The van der Waals surface area contributed by atoms with Crippen molar-refractivity contribution >= 4 is 26.8 Å². The van der Waals surface area contributed by atoms with Crippen molar-refractivity contribution in [3.63, 3.8) is 0 Å². The minimum absolute atomic E-state index is 0.00949. The van der Waals surface area contributed by atoms with Crippen LogP contribution in [-0.2, 0) is 16.3 Å². The zero-order chi connectivity index (χ0) is 21.9. The van der Waals surface area contributed by atoms with Gasteiger partial charge in [0.1, 0.15) is 10.8 Å². The Morgan fingerprint density at radius 2 is 1.90 bits per heavy atom. The normalized spacial score (nSPS) is 13.5. The zero-order valence-electron chi connectivity index (χ0n) is 17.6. The van der Waals surface area contributed by atoms with E-state index in [1.54, 1.807) is 6.20 Å². The molecule has 4 aromatic rings. The van der Waals surface area contributed by atoms with Crippen LogP contribution in [0, 0.1) is 5.82 Å². The molecule has 6 heteroatoms. The van der Waals surface area contributed by atoms with Crippen molar-refractivity contribution < 1.29 is 12.8 Å². The fourth-order valence-electron chi connectivity index (χ4n) is 4.67. The molecule has 2 heterocycles. The SMILES string of the molecule is CC(C)c1c(-c2cc(F)cc3[nH]ccc23)[nH]c(S(C)(=O)=O)c1-c1cccc2c1C=CC2. The monoisotopic (exact) mass is 434 g/mol. The summed E-state index contributed by atoms with van der Waals surface area (Å²) in [6.45, 7) is 4.07. The Kier molecular flexibility index (Phi) is 4.45. The molecule has 158 valence electrons. The van der Waals surface area contributed by atoms with E-state index in [2.05, 4.69) is 28.2 Å². The molecule has 1 aliphatic rings. The molecule has 0 aliphatic heterocycles. The highest BCUT2D eigenvalue weighted by atomic mass is 32.2. The highest BCUT2D eigenvalue weighted by Gasteiger charge is 2.29. The number of allylic oxidation sites excluding steroid dienone is 1. The van der Waals surface area contributed by atoms with Crippen LogP contribution in [0.4, 0.5) is 4.39 Å². The summed E-state index contributed by atoms with van der Waals surface area (Å²) in [5.74, 6) is -0.365. The lowest BCUT2D eigenvalue weighted by Crippen LogP contribution is -2.01. The Balaban J connectivity index is 1.92. The van der Waals surface area contributed by atoms with Crippen molar-refractivity contribution in [3.8, 4) is 22.4 Å². The number of sulfone groups is 1. The lowest BCUT2D eigenvalue weighted by molar-refractivity contribution is 0.599. The maximum Gasteiger partial charge on any atom is 0.191 e. The highest BCUT2D eigenvalue weighted by Crippen LogP contribution is 2.45. The van der Waals surface area contributed by atoms with Gasteiger partial charge in [-0.25, -0.2) is 12.8 Å². The van der Waals surface area contributed by atoms with Crippen LogP contribution < -0.4 is 0 Å². The van der Waals surface area contributed by atoms with Crippen molar-refractivity contribution in [1.29, 1.82) is 0 Å². The van der Waals surface area contributed by atoms with Gasteiger partial charge in [0.2, 0.25) is 0 Å². The number of nitrogens with one attached hydrogen (secondary N) is 2. The van der Waals surface area contributed by atoms with Crippen molar-refractivity contribution in [2.75, 3.05) is 6.26 Å². The predicted molar refractivity (Wildman–Crippen MR) is 123 cm³/mol. The number of halogens is 1. The Hall–Kier alpha value is -3.12. The summed E-state index contributed by atoms with van der Waals surface area (Å²) in [5, 5.41) is 1.02. The molecule has 1 aliphatic carbocycles. The topological polar surface area (TPSA) is 65.7 Å². The van der Waals surface area contributed by atoms with Crippen LogP contribution in [0.5, 0.6) is 0 Å². The van der Waals surface area contributed by atoms with E-state index < -0.39 is 9.84 Å². The first-order chi connectivity index (χ1) is 14.8. The second-order valence-electron chi connectivity index (χ2n) is 8.42. The molecule has 31 heavy (non-hydrogen) atoms. The Morgan fingerprint density at radius 3 is 2.65 bits per heavy atom. The molecule has 0 spiro atoms. The number of hydrogen-bond acceptors (Lipinski definition) is 2. The molecule has 0 fully saturated rings. The van der Waals surface area contributed by atoms with Crippen LogP contribution in [0.15, 0.2) is 53.7 Å². The van der Waals surface area contributed by atoms with Crippen molar-refractivity contribution in [3.05, 3.63) is 71.2 Å². The van der Waals surface area contributed by atoms with Crippen LogP contribution in [-0.4, -0.2) is 24.6 Å². The lowest BCUT2D eigenvalue weighted by Gasteiger charge is -2.15. The number of benzene rings is 2. The van der Waals surface area contributed by atoms with E-state index in [0.29, 0.717) is 22.3 Å². The number of hydrogen-bond donors (Lipinski definition) is 2. The van der Waals surface area contributed by atoms with Gasteiger partial charge in [-0.2, -0.15) is 0 Å². The molecule has 0 bridgehead atoms. The van der Waals surface area contributed by atoms with E-state index in [-0.39, 0.29) is 16.8 Å². The maximum atomic E-state index is 14.5. The second-order valence-corrected chi connectivity index (χ2v) is 10.4. The third kappa shape index (κ3) is 3.13. The maximum absolute atomic E-state index is 14.5. The molecule has 2 N–H and O–H groups in total. The van der Waals surface area contributed by atoms with Crippen LogP contribution in [0.1, 0.15) is 36.5 Å². The Morgan fingerprint density at radius 1 is 1.10 bits per heavy atom. The largest absolute Gasteiger partial charge is 0.361 e. The van der Waals surface area contributed by atoms with Crippen LogP contribution in [0.25, 0.3) is 39.4 Å². The van der Waals surface area contributed by atoms with Gasteiger partial charge in [-0.1, -0.05) is 44.2 Å². The molecule has 0 saturated heterocycles. The van der Waals surface area contributed by atoms with Gasteiger partial charge < -0.3 is 9.97 Å². The number of rotatable bonds is 4. The third-order valence-corrected chi connectivity index (χ3v) is 6.99. The fraction of sp³-hybridized carbons (Fsp3) is 0.200. The Bertz CT molecular complexity index is 1470. The summed E-state index contributed by atoms with van der Waals surface area (Å²) in [7, 11) is -3.57. The van der Waals surface area contributed by atoms with Crippen LogP contribution >= 0.6 is 0 Å². The van der Waals surface area contributed by atoms with E-state index >= 15 is 0 Å². The van der Waals surface area contributed by atoms with Gasteiger partial charge in [0.15, 0.2) is 9.84 Å². The molecule has 0 atom stereocenters. The molecule has 0 amide bonds. The van der Waals surface area contributed by atoms with E-state index in [0.717, 1.165) is 28.5 Å². The van der Waals surface area contributed by atoms with Gasteiger partial charge in [0, 0.05) is 34.5 Å². The van der Waals surface area contributed by atoms with Crippen LogP contribution in [0.2, 0.25) is 0 Å². The van der Waals surface area contributed by atoms with Crippen molar-refractivity contribution in [1.82, 2.24) is 9.97 Å². The summed E-state index contributed by atoms with van der Waals surface area (Å²) in [4.78, 5) is 6.25. The molecule has 0 radical (unpaired) electrons. The number of fused-ring (bicyclic) bond motifs is 2. The quantitative estimate of drug-likeness (QED) is 0.410. The standard InChI is InChI=1S/C25H23FN2O2S/c1-14(2)22-23(19-9-5-7-15-6-4-8-17(15)19)25(31(3,29)30)28-24(22)20-12-16(26)13-21-18(20)10-11-27-21/h4-5,7-14,27-28H,6H2,1-3H3. The molecular weight excluding hydrogens is 411 g/mol. The number of aromatic nitrogens is 2. The minimum Gasteiger partial charge on any atom is -0.361 e. The third-order valence-electron chi connectivity index (χ3n) is 5.94. The molecule has 0 unspecified atom stereocenters. The first-order valence-electron chi connectivity index (χ1n) is 10.3. The van der Waals surface area contributed by atoms with Crippen LogP contribution in [0.3, 0.4) is 0 Å². The average Bonchev–Trinajstić information content (AvgIpc) is 3.43. The molecule has 5 rings (SSSR count). The first-order valence-corrected chi connectivity index (χ1v) is 12.2. The van der Waals surface area contributed by atoms with E-state index in [1.807, 2.05) is 32.0 Å². The molecule has 2 aromatic heterocycles. The highest BCUT2D eigenvalue weighted by molar-refractivity contribution is 7.90. The van der Waals surface area contributed by atoms with Crippen molar-refractivity contribution in [2.45, 2.75) is 31.2 Å². The van der Waals surface area contributed by atoms with E-state index in [1.165, 1.54) is 24.0 Å². The van der Waals surface area contributed by atoms with Gasteiger partial charge in [-0.3, -0.25) is 0 Å². The van der Waals surface area contributed by atoms with Gasteiger partial charge in [0.05, 0.1) is 5.69 Å². The van der Waals surface area contributed by atoms with Gasteiger partial charge in [-0.15, -0.1) is 0 Å². The predicted octanol–water partition coefficient (Wildman–Crippen LogP) is 6.07. The van der Waals surface area contributed by atoms with Gasteiger partial charge >= 0.3 is 0 Å². The lowest BCUT2D eigenvalue weighted by atomic mass is 9.89. The first kappa shape index (κ1) is 19.8. The average molecular weight is 435 g/mol. The molecule has 2 aromatic carbocycles. The second kappa shape index (κ2) is 6.95. The summed E-state index contributed by atoms with van der Waals surface area (Å²) < 4.78 is 40.3. The summed E-state index contributed by atoms with van der Waals surface area (Å²) in [6.07, 6.45) is 7.96. The Labute approximate surface area is 180 Å². The minimum atomic E-state index is -3.57. The van der Waals surface area contributed by atoms with Gasteiger partial charge in [0.25, 0.3) is 0 Å². The van der Waals surface area contributed by atoms with Gasteiger partial charge in [-0.05, 0) is 52.8 Å². The molecular formula is C25H23FN2O2S. The zero-order valence-corrected chi connectivity index (χ0v) is 18.4.